The van der Waals surface area contributed by atoms with Gasteiger partial charge >= 0.3 is 0 Å². The number of aliphatic hydroxyl groups is 1. The minimum atomic E-state index is -0.840. The van der Waals surface area contributed by atoms with Crippen LogP contribution in [0, 0.1) is 35.0 Å². The lowest BCUT2D eigenvalue weighted by atomic mass is 9.49. The maximum Gasteiger partial charge on any atom is 0.253 e. The number of aromatic nitrogens is 5. The van der Waals surface area contributed by atoms with Crippen LogP contribution in [0.15, 0.2) is 97.0 Å². The Labute approximate surface area is 428 Å². The molecule has 1 aliphatic carbocycles. The lowest BCUT2D eigenvalue weighted by Crippen LogP contribution is -2.74. The molecule has 374 valence electrons. The molecule has 1 saturated carbocycles. The standard InChI is InChI=1S/C54H59ClN10O6S/c1-30(2)46(50(69)64-26-39(66)20-43(64)49(68)61-31(3)33-9-11-34(12-10-33)47-32(4)59-29-72-47)65-25-38(24-60-65)35-17-18-57-45(19-35)70-41-27-63(28-41)44-16-14-37(23-58-44)48(67)62-51-53(5,6)52(54(51,7)8)71-40-15-13-36(22-56)42(55)21-40/h9-19,21,23-25,29-31,39,41,43,46,51-52,66H,20,26-28H2,1-8H3,(H,61,68)(H,62,67)/t31-,39?,43-,46-,51?,52?/m0/s1. The van der Waals surface area contributed by atoms with Gasteiger partial charge in [0.25, 0.3) is 5.91 Å². The number of aliphatic hydroxyl groups excluding tert-OH is 1. The van der Waals surface area contributed by atoms with E-state index in [0.717, 1.165) is 38.6 Å². The summed E-state index contributed by atoms with van der Waals surface area (Å²) in [5, 5.41) is 31.3. The third kappa shape index (κ3) is 9.87. The number of hydrogen-bond acceptors (Lipinski definition) is 13. The van der Waals surface area contributed by atoms with Crippen molar-refractivity contribution in [2.75, 3.05) is 24.5 Å². The third-order valence-corrected chi connectivity index (χ3v) is 15.7. The second-order valence-electron chi connectivity index (χ2n) is 20.6. The molecular weight excluding hydrogens is 952 g/mol. The van der Waals surface area contributed by atoms with Crippen LogP contribution in [0.3, 0.4) is 0 Å². The highest BCUT2D eigenvalue weighted by Crippen LogP contribution is 2.55. The highest BCUT2D eigenvalue weighted by molar-refractivity contribution is 7.13. The van der Waals surface area contributed by atoms with E-state index in [-0.39, 0.29) is 60.9 Å². The first-order chi connectivity index (χ1) is 34.3. The van der Waals surface area contributed by atoms with Crippen LogP contribution in [0.4, 0.5) is 5.82 Å². The van der Waals surface area contributed by atoms with Crippen LogP contribution in [-0.2, 0) is 9.59 Å². The van der Waals surface area contributed by atoms with Crippen LogP contribution in [0.25, 0.3) is 21.6 Å². The van der Waals surface area contributed by atoms with Crippen molar-refractivity contribution in [3.63, 3.8) is 0 Å². The first-order valence-electron chi connectivity index (χ1n) is 24.2. The fraction of sp³-hybridized carbons (Fsp3) is 0.407. The van der Waals surface area contributed by atoms with Crippen molar-refractivity contribution in [2.24, 2.45) is 16.7 Å². The fourth-order valence-corrected chi connectivity index (χ4v) is 11.8. The number of β-amino-alcohol motifs (C(OH)–C–C–N with tert-alkyl or cyclic N) is 1. The number of likely N-dealkylation sites (tertiary alicyclic amines) is 1. The maximum absolute atomic E-state index is 14.4. The lowest BCUT2D eigenvalue weighted by Gasteiger charge is -2.63. The average Bonchev–Trinajstić information content (AvgIpc) is 4.11. The molecule has 9 rings (SSSR count). The van der Waals surface area contributed by atoms with Crippen molar-refractivity contribution in [2.45, 2.75) is 104 Å². The van der Waals surface area contributed by atoms with E-state index in [9.17, 15) is 24.8 Å². The van der Waals surface area contributed by atoms with Crippen molar-refractivity contribution in [1.82, 2.24) is 40.3 Å². The van der Waals surface area contributed by atoms with Gasteiger partial charge in [0.05, 0.1) is 63.7 Å². The summed E-state index contributed by atoms with van der Waals surface area (Å²) >= 11 is 7.85. The van der Waals surface area contributed by atoms with Gasteiger partial charge in [-0.3, -0.25) is 19.1 Å². The predicted octanol–water partition coefficient (Wildman–Crippen LogP) is 8.21. The van der Waals surface area contributed by atoms with E-state index in [1.54, 1.807) is 58.9 Å². The second kappa shape index (κ2) is 20.0. The van der Waals surface area contributed by atoms with Crippen molar-refractivity contribution < 1.29 is 29.0 Å². The molecule has 1 unspecified atom stereocenters. The van der Waals surface area contributed by atoms with Crippen LogP contribution < -0.4 is 25.0 Å². The van der Waals surface area contributed by atoms with Gasteiger partial charge in [-0.25, -0.2) is 15.0 Å². The van der Waals surface area contributed by atoms with Crippen LogP contribution in [-0.4, -0.2) is 102 Å². The molecule has 2 aromatic carbocycles. The van der Waals surface area contributed by atoms with Crippen molar-refractivity contribution in [1.29, 1.82) is 5.26 Å². The molecule has 18 heteroatoms. The zero-order valence-corrected chi connectivity index (χ0v) is 43.1. The van der Waals surface area contributed by atoms with Crippen LogP contribution >= 0.6 is 22.9 Å². The molecule has 72 heavy (non-hydrogen) atoms. The zero-order valence-electron chi connectivity index (χ0n) is 41.5. The maximum atomic E-state index is 14.4. The molecule has 3 N–H and O–H groups in total. The number of rotatable bonds is 15. The van der Waals surface area contributed by atoms with Gasteiger partial charge in [0.15, 0.2) is 0 Å². The molecule has 3 fully saturated rings. The number of amides is 3. The summed E-state index contributed by atoms with van der Waals surface area (Å²) in [4.78, 5) is 59.8. The number of carbonyl (C=O) groups excluding carboxylic acids is 3. The van der Waals surface area contributed by atoms with E-state index < -0.39 is 29.0 Å². The number of nitriles is 1. The summed E-state index contributed by atoms with van der Waals surface area (Å²) in [7, 11) is 0. The average molecular weight is 1010 g/mol. The Morgan fingerprint density at radius 2 is 1.65 bits per heavy atom. The van der Waals surface area contributed by atoms with Gasteiger partial charge in [0.2, 0.25) is 17.7 Å². The molecule has 2 saturated heterocycles. The van der Waals surface area contributed by atoms with E-state index in [2.05, 4.69) is 69.3 Å². The monoisotopic (exact) mass is 1010 g/mol. The summed E-state index contributed by atoms with van der Waals surface area (Å²) in [6, 6.07) is 20.3. The highest BCUT2D eigenvalue weighted by Gasteiger charge is 2.64. The molecule has 2 aliphatic heterocycles. The Morgan fingerprint density at radius 3 is 2.31 bits per heavy atom. The van der Waals surface area contributed by atoms with Crippen molar-refractivity contribution >= 4 is 46.5 Å². The van der Waals surface area contributed by atoms with Crippen LogP contribution in [0.5, 0.6) is 11.6 Å². The van der Waals surface area contributed by atoms with Gasteiger partial charge < -0.3 is 35.0 Å². The largest absolute Gasteiger partial charge is 0.489 e. The normalized spacial score (nSPS) is 21.0. The van der Waals surface area contributed by atoms with E-state index in [0.29, 0.717) is 40.9 Å². The minimum Gasteiger partial charge on any atom is -0.489 e. The number of benzene rings is 2. The molecule has 3 amide bonds. The molecular formula is C54H59ClN10O6S. The number of carbonyl (C=O) groups is 3. The molecule has 0 spiro atoms. The van der Waals surface area contributed by atoms with Crippen LogP contribution in [0.2, 0.25) is 5.02 Å². The van der Waals surface area contributed by atoms with E-state index in [1.165, 1.54) is 4.90 Å². The Morgan fingerprint density at radius 1 is 0.903 bits per heavy atom. The number of thiazole rings is 1. The van der Waals surface area contributed by atoms with Gasteiger partial charge in [-0.1, -0.05) is 77.4 Å². The summed E-state index contributed by atoms with van der Waals surface area (Å²) in [6.07, 6.45) is 5.70. The molecule has 0 radical (unpaired) electrons. The summed E-state index contributed by atoms with van der Waals surface area (Å²) in [6.45, 7) is 17.2. The highest BCUT2D eigenvalue weighted by atomic mass is 35.5. The second-order valence-corrected chi connectivity index (χ2v) is 21.9. The SMILES string of the molecule is Cc1ncsc1-c1ccc([C@H](C)NC(=O)[C@@H]2CC(O)CN2C(=O)[C@H](C(C)C)n2cc(-c3ccnc(OC4CN(c5ccc(C(=O)NC6C(C)(C)C(Oc7ccc(C#N)c(Cl)c7)C6(C)C)cn5)C4)c3)cn2)cc1. The van der Waals surface area contributed by atoms with Crippen LogP contribution in [0.1, 0.15) is 94.1 Å². The zero-order chi connectivity index (χ0) is 51.2. The Hall–Kier alpha value is -6.87. The number of nitrogens with zero attached hydrogens (tertiary/aromatic N) is 8. The van der Waals surface area contributed by atoms with Crippen molar-refractivity contribution in [3.8, 4) is 39.3 Å². The number of ether oxygens (including phenoxy) is 2. The Kier molecular flexibility index (Phi) is 13.9. The van der Waals surface area contributed by atoms with E-state index in [4.69, 9.17) is 21.1 Å². The first kappa shape index (κ1) is 50.1. The van der Waals surface area contributed by atoms with Gasteiger partial charge in [0.1, 0.15) is 41.9 Å². The molecule has 0 bridgehead atoms. The van der Waals surface area contributed by atoms with Gasteiger partial charge in [0, 0.05) is 66.1 Å². The molecule has 4 aromatic heterocycles. The Bertz CT molecular complexity index is 3000. The summed E-state index contributed by atoms with van der Waals surface area (Å²) < 4.78 is 14.3. The number of nitrogens with one attached hydrogen (secondary N) is 2. The molecule has 6 heterocycles. The number of pyridine rings is 2. The van der Waals surface area contributed by atoms with E-state index >= 15 is 0 Å². The van der Waals surface area contributed by atoms with Crippen molar-refractivity contribution in [3.05, 3.63) is 124 Å². The predicted molar refractivity (Wildman–Crippen MR) is 275 cm³/mol. The Balaban J connectivity index is 0.776. The number of halogens is 1. The quantitative estimate of drug-likeness (QED) is 0.0892. The number of anilines is 1. The number of hydrogen-bond donors (Lipinski definition) is 3. The fourth-order valence-electron chi connectivity index (χ4n) is 10.8. The minimum absolute atomic E-state index is 0.0453. The van der Waals surface area contributed by atoms with Gasteiger partial charge in [-0.2, -0.15) is 10.4 Å². The molecule has 4 atom stereocenters. The number of aryl methyl sites for hydroxylation is 1. The van der Waals surface area contributed by atoms with E-state index in [1.807, 2.05) is 81.9 Å². The third-order valence-electron chi connectivity index (χ3n) is 14.4. The smallest absolute Gasteiger partial charge is 0.253 e. The molecule has 6 aromatic rings. The molecule has 3 aliphatic rings. The van der Waals surface area contributed by atoms with Gasteiger partial charge in [-0.15, -0.1) is 11.3 Å². The topological polar surface area (TPSA) is 201 Å². The summed E-state index contributed by atoms with van der Waals surface area (Å²) in [5.74, 6) is 0.723. The first-order valence-corrected chi connectivity index (χ1v) is 25.4. The molecule has 16 nitrogen and oxygen atoms in total. The van der Waals surface area contributed by atoms with Gasteiger partial charge in [-0.05, 0) is 66.8 Å². The lowest BCUT2D eigenvalue weighted by molar-refractivity contribution is -0.164. The summed E-state index contributed by atoms with van der Waals surface area (Å²) in [5.41, 5.74) is 6.36.